The van der Waals surface area contributed by atoms with E-state index in [1.807, 2.05) is 13.0 Å². The minimum Gasteiger partial charge on any atom is -0.393 e. The van der Waals surface area contributed by atoms with Gasteiger partial charge in [0.25, 0.3) is 0 Å². The van der Waals surface area contributed by atoms with Gasteiger partial charge in [0.15, 0.2) is 0 Å². The SMILES string of the molecule is CC(O)CCC1CC(c2ccccc2)CCC1O. The van der Waals surface area contributed by atoms with Crippen LogP contribution in [0.1, 0.15) is 50.5 Å². The standard InChI is InChI=1S/C16H24O2/c1-12(17)7-8-15-11-14(9-10-16(15)18)13-5-3-2-4-6-13/h2-6,12,14-18H,7-11H2,1H3. The van der Waals surface area contributed by atoms with Crippen LogP contribution in [-0.4, -0.2) is 22.4 Å². The van der Waals surface area contributed by atoms with E-state index in [-0.39, 0.29) is 12.2 Å². The lowest BCUT2D eigenvalue weighted by Gasteiger charge is -2.34. The van der Waals surface area contributed by atoms with Crippen LogP contribution in [0.3, 0.4) is 0 Å². The van der Waals surface area contributed by atoms with Gasteiger partial charge in [-0.1, -0.05) is 30.3 Å². The lowest BCUT2D eigenvalue weighted by Crippen LogP contribution is -2.29. The molecule has 4 atom stereocenters. The van der Waals surface area contributed by atoms with Crippen molar-refractivity contribution in [3.8, 4) is 0 Å². The van der Waals surface area contributed by atoms with E-state index >= 15 is 0 Å². The van der Waals surface area contributed by atoms with Gasteiger partial charge in [-0.3, -0.25) is 0 Å². The van der Waals surface area contributed by atoms with Crippen molar-refractivity contribution in [3.05, 3.63) is 35.9 Å². The van der Waals surface area contributed by atoms with E-state index in [9.17, 15) is 10.2 Å². The lowest BCUT2D eigenvalue weighted by molar-refractivity contribution is 0.0484. The summed E-state index contributed by atoms with van der Waals surface area (Å²) in [5.74, 6) is 0.923. The molecule has 4 unspecified atom stereocenters. The molecule has 1 aliphatic carbocycles. The van der Waals surface area contributed by atoms with Gasteiger partial charge in [-0.25, -0.2) is 0 Å². The monoisotopic (exact) mass is 248 g/mol. The van der Waals surface area contributed by atoms with Crippen LogP contribution in [0.5, 0.6) is 0 Å². The second kappa shape index (κ2) is 6.35. The van der Waals surface area contributed by atoms with Crippen LogP contribution >= 0.6 is 0 Å². The molecule has 2 nitrogen and oxygen atoms in total. The molecule has 1 aliphatic rings. The van der Waals surface area contributed by atoms with E-state index in [0.717, 1.165) is 32.1 Å². The number of aliphatic hydroxyl groups is 2. The molecular formula is C16H24O2. The minimum absolute atomic E-state index is 0.177. The first kappa shape index (κ1) is 13.6. The van der Waals surface area contributed by atoms with Gasteiger partial charge >= 0.3 is 0 Å². The summed E-state index contributed by atoms with van der Waals surface area (Å²) in [6, 6.07) is 10.6. The van der Waals surface area contributed by atoms with E-state index in [1.54, 1.807) is 0 Å². The molecule has 2 rings (SSSR count). The summed E-state index contributed by atoms with van der Waals surface area (Å²) in [5, 5.41) is 19.4. The van der Waals surface area contributed by atoms with Crippen molar-refractivity contribution in [2.45, 2.75) is 57.2 Å². The highest BCUT2D eigenvalue weighted by Gasteiger charge is 2.29. The number of rotatable bonds is 4. The van der Waals surface area contributed by atoms with Crippen molar-refractivity contribution in [1.82, 2.24) is 0 Å². The van der Waals surface area contributed by atoms with Gasteiger partial charge in [-0.2, -0.15) is 0 Å². The van der Waals surface area contributed by atoms with Crippen molar-refractivity contribution in [3.63, 3.8) is 0 Å². The van der Waals surface area contributed by atoms with E-state index < -0.39 is 0 Å². The molecule has 0 aliphatic heterocycles. The molecule has 1 fully saturated rings. The summed E-state index contributed by atoms with van der Waals surface area (Å²) in [7, 11) is 0. The highest BCUT2D eigenvalue weighted by atomic mass is 16.3. The maximum atomic E-state index is 10.1. The Morgan fingerprint density at radius 1 is 1.22 bits per heavy atom. The zero-order valence-corrected chi connectivity index (χ0v) is 11.1. The maximum Gasteiger partial charge on any atom is 0.0568 e. The van der Waals surface area contributed by atoms with E-state index in [4.69, 9.17) is 0 Å². The fourth-order valence-electron chi connectivity index (χ4n) is 3.04. The van der Waals surface area contributed by atoms with Gasteiger partial charge in [-0.05, 0) is 56.4 Å². The molecule has 0 amide bonds. The van der Waals surface area contributed by atoms with Crippen molar-refractivity contribution < 1.29 is 10.2 Å². The highest BCUT2D eigenvalue weighted by Crippen LogP contribution is 2.38. The largest absolute Gasteiger partial charge is 0.393 e. The molecule has 1 aromatic rings. The average Bonchev–Trinajstić information content (AvgIpc) is 2.38. The molecule has 0 spiro atoms. The molecule has 2 heteroatoms. The summed E-state index contributed by atoms with van der Waals surface area (Å²) >= 11 is 0. The van der Waals surface area contributed by atoms with Gasteiger partial charge in [-0.15, -0.1) is 0 Å². The molecule has 0 bridgehead atoms. The Balaban J connectivity index is 1.96. The van der Waals surface area contributed by atoms with Crippen molar-refractivity contribution >= 4 is 0 Å². The van der Waals surface area contributed by atoms with Crippen LogP contribution in [0.25, 0.3) is 0 Å². The van der Waals surface area contributed by atoms with Crippen molar-refractivity contribution in [2.75, 3.05) is 0 Å². The maximum absolute atomic E-state index is 10.1. The second-order valence-corrected chi connectivity index (χ2v) is 5.67. The average molecular weight is 248 g/mol. The zero-order chi connectivity index (χ0) is 13.0. The molecule has 1 saturated carbocycles. The molecule has 100 valence electrons. The van der Waals surface area contributed by atoms with Gasteiger partial charge in [0, 0.05) is 0 Å². The third kappa shape index (κ3) is 3.56. The van der Waals surface area contributed by atoms with Crippen LogP contribution in [0.15, 0.2) is 30.3 Å². The summed E-state index contributed by atoms with van der Waals surface area (Å²) in [6.45, 7) is 1.82. The molecular weight excluding hydrogens is 224 g/mol. The topological polar surface area (TPSA) is 40.5 Å². The number of hydrogen-bond acceptors (Lipinski definition) is 2. The molecule has 1 aromatic carbocycles. The van der Waals surface area contributed by atoms with Crippen molar-refractivity contribution in [1.29, 1.82) is 0 Å². The summed E-state index contributed by atoms with van der Waals surface area (Å²) < 4.78 is 0. The Kier molecular flexibility index (Phi) is 4.79. The molecule has 0 aromatic heterocycles. The summed E-state index contributed by atoms with van der Waals surface area (Å²) in [6.07, 6.45) is 4.32. The first-order valence-corrected chi connectivity index (χ1v) is 7.08. The Labute approximate surface area is 110 Å². The van der Waals surface area contributed by atoms with Gasteiger partial charge < -0.3 is 10.2 Å². The van der Waals surface area contributed by atoms with Crippen LogP contribution < -0.4 is 0 Å². The molecule has 0 heterocycles. The summed E-state index contributed by atoms with van der Waals surface area (Å²) in [5.41, 5.74) is 1.39. The van der Waals surface area contributed by atoms with E-state index in [0.29, 0.717) is 11.8 Å². The lowest BCUT2D eigenvalue weighted by atomic mass is 9.74. The first-order chi connectivity index (χ1) is 8.66. The van der Waals surface area contributed by atoms with Crippen LogP contribution in [0.4, 0.5) is 0 Å². The van der Waals surface area contributed by atoms with Gasteiger partial charge in [0.1, 0.15) is 0 Å². The van der Waals surface area contributed by atoms with Crippen molar-refractivity contribution in [2.24, 2.45) is 5.92 Å². The smallest absolute Gasteiger partial charge is 0.0568 e. The third-order valence-corrected chi connectivity index (χ3v) is 4.17. The van der Waals surface area contributed by atoms with E-state index in [1.165, 1.54) is 5.56 Å². The molecule has 2 N–H and O–H groups in total. The fraction of sp³-hybridized carbons (Fsp3) is 0.625. The third-order valence-electron chi connectivity index (χ3n) is 4.17. The Morgan fingerprint density at radius 2 is 1.94 bits per heavy atom. The molecule has 18 heavy (non-hydrogen) atoms. The molecule has 0 saturated heterocycles. The van der Waals surface area contributed by atoms with Gasteiger partial charge in [0.2, 0.25) is 0 Å². The van der Waals surface area contributed by atoms with Crippen LogP contribution in [-0.2, 0) is 0 Å². The first-order valence-electron chi connectivity index (χ1n) is 7.08. The van der Waals surface area contributed by atoms with Crippen LogP contribution in [0, 0.1) is 5.92 Å². The fourth-order valence-corrected chi connectivity index (χ4v) is 3.04. The molecule has 0 radical (unpaired) electrons. The minimum atomic E-state index is -0.255. The normalized spacial score (nSPS) is 30.1. The Hall–Kier alpha value is -0.860. The highest BCUT2D eigenvalue weighted by molar-refractivity contribution is 5.20. The predicted molar refractivity (Wildman–Crippen MR) is 73.4 cm³/mol. The zero-order valence-electron chi connectivity index (χ0n) is 11.1. The van der Waals surface area contributed by atoms with E-state index in [2.05, 4.69) is 24.3 Å². The number of hydrogen-bond donors (Lipinski definition) is 2. The quantitative estimate of drug-likeness (QED) is 0.859. The Bertz CT molecular complexity index is 347. The summed E-state index contributed by atoms with van der Waals surface area (Å²) in [4.78, 5) is 0. The number of benzene rings is 1. The van der Waals surface area contributed by atoms with Gasteiger partial charge in [0.05, 0.1) is 12.2 Å². The predicted octanol–water partition coefficient (Wildman–Crippen LogP) is 3.09. The Morgan fingerprint density at radius 3 is 2.61 bits per heavy atom. The van der Waals surface area contributed by atoms with Crippen LogP contribution in [0.2, 0.25) is 0 Å². The second-order valence-electron chi connectivity index (χ2n) is 5.67. The number of aliphatic hydroxyl groups excluding tert-OH is 2.